The van der Waals surface area contributed by atoms with E-state index in [-0.39, 0.29) is 0 Å². The van der Waals surface area contributed by atoms with E-state index in [2.05, 4.69) is 18.7 Å². The van der Waals surface area contributed by atoms with Crippen LogP contribution >= 0.6 is 0 Å². The predicted octanol–water partition coefficient (Wildman–Crippen LogP) is 3.69. The topological polar surface area (TPSA) is 3.24 Å². The molecule has 1 unspecified atom stereocenters. The quantitative estimate of drug-likeness (QED) is 0.648. The number of hydrogen-bond donors (Lipinski definition) is 0. The first kappa shape index (κ1) is 13.0. The van der Waals surface area contributed by atoms with Crippen LogP contribution in [0, 0.1) is 0 Å². The fourth-order valence-electron chi connectivity index (χ4n) is 2.14. The third-order valence-electron chi connectivity index (χ3n) is 2.78. The molecule has 0 N–H and O–H groups in total. The van der Waals surface area contributed by atoms with Crippen molar-refractivity contribution in [3.05, 3.63) is 0 Å². The molecule has 0 radical (unpaired) electrons. The van der Waals surface area contributed by atoms with E-state index in [0.717, 1.165) is 6.04 Å². The SMILES string of the molecule is CC.CCCC1CCCCN1CC. The molecule has 13 heavy (non-hydrogen) atoms. The van der Waals surface area contributed by atoms with Crippen LogP contribution in [0.2, 0.25) is 0 Å². The van der Waals surface area contributed by atoms with Crippen LogP contribution < -0.4 is 0 Å². The summed E-state index contributed by atoms with van der Waals surface area (Å²) < 4.78 is 0. The number of piperidine rings is 1. The number of likely N-dealkylation sites (tertiary alicyclic amines) is 1. The molecule has 0 aliphatic carbocycles. The molecule has 80 valence electrons. The van der Waals surface area contributed by atoms with Crippen molar-refractivity contribution in [1.82, 2.24) is 4.90 Å². The highest BCUT2D eigenvalue weighted by Crippen LogP contribution is 2.19. The smallest absolute Gasteiger partial charge is 0.00950 e. The monoisotopic (exact) mass is 185 g/mol. The highest BCUT2D eigenvalue weighted by atomic mass is 15.2. The van der Waals surface area contributed by atoms with Crippen molar-refractivity contribution in [2.45, 2.75) is 65.8 Å². The lowest BCUT2D eigenvalue weighted by molar-refractivity contribution is 0.147. The molecule has 0 aromatic carbocycles. The fraction of sp³-hybridized carbons (Fsp3) is 1.00. The minimum absolute atomic E-state index is 0.916. The molecule has 0 amide bonds. The summed E-state index contributed by atoms with van der Waals surface area (Å²) in [4.78, 5) is 2.65. The Labute approximate surface area is 84.5 Å². The average molecular weight is 185 g/mol. The van der Waals surface area contributed by atoms with Gasteiger partial charge in [0.2, 0.25) is 0 Å². The van der Waals surface area contributed by atoms with Crippen LogP contribution in [-0.2, 0) is 0 Å². The van der Waals surface area contributed by atoms with Crippen molar-refractivity contribution in [2.24, 2.45) is 0 Å². The molecule has 1 rings (SSSR count). The Bertz CT molecular complexity index is 99.3. The predicted molar refractivity (Wildman–Crippen MR) is 61.1 cm³/mol. The summed E-state index contributed by atoms with van der Waals surface area (Å²) >= 11 is 0. The van der Waals surface area contributed by atoms with Crippen molar-refractivity contribution >= 4 is 0 Å². The zero-order valence-corrected chi connectivity index (χ0v) is 9.97. The molecule has 0 aromatic heterocycles. The van der Waals surface area contributed by atoms with Gasteiger partial charge in [0.25, 0.3) is 0 Å². The molecule has 1 heteroatoms. The third kappa shape index (κ3) is 4.66. The molecule has 1 nitrogen and oxygen atoms in total. The second-order valence-electron chi connectivity index (χ2n) is 3.57. The lowest BCUT2D eigenvalue weighted by atomic mass is 9.98. The Hall–Kier alpha value is -0.0400. The minimum atomic E-state index is 0.916. The summed E-state index contributed by atoms with van der Waals surface area (Å²) in [5.41, 5.74) is 0. The zero-order chi connectivity index (χ0) is 10.1. The maximum atomic E-state index is 2.65. The van der Waals surface area contributed by atoms with Crippen LogP contribution in [-0.4, -0.2) is 24.0 Å². The molecule has 0 bridgehead atoms. The van der Waals surface area contributed by atoms with E-state index in [0.29, 0.717) is 0 Å². The van der Waals surface area contributed by atoms with Crippen molar-refractivity contribution in [1.29, 1.82) is 0 Å². The summed E-state index contributed by atoms with van der Waals surface area (Å²) in [6.07, 6.45) is 7.09. The minimum Gasteiger partial charge on any atom is -0.301 e. The molecule has 1 heterocycles. The van der Waals surface area contributed by atoms with Gasteiger partial charge >= 0.3 is 0 Å². The van der Waals surface area contributed by atoms with Crippen LogP contribution in [0.5, 0.6) is 0 Å². The highest BCUT2D eigenvalue weighted by Gasteiger charge is 2.19. The van der Waals surface area contributed by atoms with E-state index in [1.54, 1.807) is 0 Å². The Morgan fingerprint density at radius 1 is 1.15 bits per heavy atom. The van der Waals surface area contributed by atoms with Gasteiger partial charge in [-0.1, -0.05) is 40.5 Å². The standard InChI is InChI=1S/C10H21N.C2H6/c1-3-7-10-8-5-6-9-11(10)4-2;1-2/h10H,3-9H2,1-2H3;1-2H3. The molecule has 1 saturated heterocycles. The van der Waals surface area contributed by atoms with Crippen molar-refractivity contribution in [3.63, 3.8) is 0 Å². The first-order chi connectivity index (χ1) is 6.38. The first-order valence-electron chi connectivity index (χ1n) is 6.12. The summed E-state index contributed by atoms with van der Waals surface area (Å²) in [7, 11) is 0. The normalized spacial score (nSPS) is 23.5. The second kappa shape index (κ2) is 8.55. The van der Waals surface area contributed by atoms with Crippen LogP contribution in [0.1, 0.15) is 59.8 Å². The Balaban J connectivity index is 0.000000671. The van der Waals surface area contributed by atoms with Crippen LogP contribution in [0.25, 0.3) is 0 Å². The van der Waals surface area contributed by atoms with Gasteiger partial charge in [0.15, 0.2) is 0 Å². The molecular weight excluding hydrogens is 158 g/mol. The van der Waals surface area contributed by atoms with Gasteiger partial charge < -0.3 is 4.90 Å². The lowest BCUT2D eigenvalue weighted by Crippen LogP contribution is -2.38. The third-order valence-corrected chi connectivity index (χ3v) is 2.78. The fourth-order valence-corrected chi connectivity index (χ4v) is 2.14. The maximum Gasteiger partial charge on any atom is 0.00950 e. The summed E-state index contributed by atoms with van der Waals surface area (Å²) in [6, 6.07) is 0.916. The van der Waals surface area contributed by atoms with Gasteiger partial charge in [0.05, 0.1) is 0 Å². The van der Waals surface area contributed by atoms with Crippen molar-refractivity contribution in [3.8, 4) is 0 Å². The first-order valence-corrected chi connectivity index (χ1v) is 6.12. The van der Waals surface area contributed by atoms with Gasteiger partial charge in [-0.05, 0) is 32.4 Å². The van der Waals surface area contributed by atoms with E-state index >= 15 is 0 Å². The van der Waals surface area contributed by atoms with Crippen LogP contribution in [0.3, 0.4) is 0 Å². The number of hydrogen-bond acceptors (Lipinski definition) is 1. The summed E-state index contributed by atoms with van der Waals surface area (Å²) in [5, 5.41) is 0. The lowest BCUT2D eigenvalue weighted by Gasteiger charge is -2.34. The molecular formula is C12H27N. The van der Waals surface area contributed by atoms with Gasteiger partial charge in [0, 0.05) is 6.04 Å². The number of nitrogens with zero attached hydrogens (tertiary/aromatic N) is 1. The van der Waals surface area contributed by atoms with E-state index < -0.39 is 0 Å². The Morgan fingerprint density at radius 2 is 1.85 bits per heavy atom. The second-order valence-corrected chi connectivity index (χ2v) is 3.57. The molecule has 1 aliphatic heterocycles. The van der Waals surface area contributed by atoms with Gasteiger partial charge in [0.1, 0.15) is 0 Å². The molecule has 1 fully saturated rings. The van der Waals surface area contributed by atoms with Crippen LogP contribution in [0.4, 0.5) is 0 Å². The largest absolute Gasteiger partial charge is 0.301 e. The Kier molecular flexibility index (Phi) is 8.53. The molecule has 0 saturated carbocycles. The molecule has 0 spiro atoms. The van der Waals surface area contributed by atoms with E-state index in [1.165, 1.54) is 45.2 Å². The summed E-state index contributed by atoms with van der Waals surface area (Å²) in [5.74, 6) is 0. The highest BCUT2D eigenvalue weighted by molar-refractivity contribution is 4.75. The van der Waals surface area contributed by atoms with Gasteiger partial charge in [-0.25, -0.2) is 0 Å². The summed E-state index contributed by atoms with van der Waals surface area (Å²) in [6.45, 7) is 11.2. The molecule has 0 aromatic rings. The molecule has 1 atom stereocenters. The maximum absolute atomic E-state index is 2.65. The van der Waals surface area contributed by atoms with Crippen molar-refractivity contribution in [2.75, 3.05) is 13.1 Å². The van der Waals surface area contributed by atoms with E-state index in [4.69, 9.17) is 0 Å². The van der Waals surface area contributed by atoms with E-state index in [1.807, 2.05) is 13.8 Å². The van der Waals surface area contributed by atoms with Gasteiger partial charge in [-0.3, -0.25) is 0 Å². The van der Waals surface area contributed by atoms with Crippen molar-refractivity contribution < 1.29 is 0 Å². The average Bonchev–Trinajstić information content (AvgIpc) is 2.22. The van der Waals surface area contributed by atoms with Gasteiger partial charge in [-0.15, -0.1) is 0 Å². The van der Waals surface area contributed by atoms with Gasteiger partial charge in [-0.2, -0.15) is 0 Å². The van der Waals surface area contributed by atoms with Crippen LogP contribution in [0.15, 0.2) is 0 Å². The molecule has 1 aliphatic rings. The Morgan fingerprint density at radius 3 is 2.38 bits per heavy atom. The zero-order valence-electron chi connectivity index (χ0n) is 9.97. The van der Waals surface area contributed by atoms with E-state index in [9.17, 15) is 0 Å². The number of rotatable bonds is 3.